The highest BCUT2D eigenvalue weighted by molar-refractivity contribution is 7.99. The van der Waals surface area contributed by atoms with Crippen LogP contribution >= 0.6 is 11.8 Å². The van der Waals surface area contributed by atoms with Crippen LogP contribution in [0.15, 0.2) is 24.3 Å². The zero-order valence-corrected chi connectivity index (χ0v) is 10.6. The number of thioether (sulfide) groups is 1. The largest absolute Gasteiger partial charge is 0.412 e. The van der Waals surface area contributed by atoms with Gasteiger partial charge in [0, 0.05) is 11.1 Å². The van der Waals surface area contributed by atoms with E-state index in [0.29, 0.717) is 5.75 Å². The third kappa shape index (κ3) is 5.60. The Morgan fingerprint density at radius 1 is 1.12 bits per heavy atom. The molecule has 90 valence electrons. The molecule has 0 radical (unpaired) electrons. The summed E-state index contributed by atoms with van der Waals surface area (Å²) in [6.45, 7) is 11.8. The fourth-order valence-corrected chi connectivity index (χ4v) is 1.19. The lowest BCUT2D eigenvalue weighted by Gasteiger charge is -2.16. The van der Waals surface area contributed by atoms with Crippen molar-refractivity contribution in [1.29, 1.82) is 0 Å². The van der Waals surface area contributed by atoms with Gasteiger partial charge in [0.15, 0.2) is 0 Å². The van der Waals surface area contributed by atoms with Crippen molar-refractivity contribution in [3.05, 3.63) is 24.3 Å². The number of ether oxygens (including phenoxy) is 2. The van der Waals surface area contributed by atoms with E-state index < -0.39 is 17.6 Å². The monoisotopic (exact) mass is 244 g/mol. The standard InChI is InChI=1S/C11H16O4S/c1-6-16-11(14-9(12)7(2)3)15-10(13)8(4)5/h11H,2,4,6H2,1,3,5H3. The molecule has 0 aliphatic rings. The molecule has 0 N–H and O–H groups in total. The molecule has 0 heterocycles. The van der Waals surface area contributed by atoms with E-state index >= 15 is 0 Å². The summed E-state index contributed by atoms with van der Waals surface area (Å²) in [7, 11) is 0. The molecule has 0 aliphatic heterocycles. The Bertz CT molecular complexity index is 281. The lowest BCUT2D eigenvalue weighted by molar-refractivity contribution is -0.167. The van der Waals surface area contributed by atoms with Gasteiger partial charge in [0.05, 0.1) is 0 Å². The second-order valence-corrected chi connectivity index (χ2v) is 4.41. The number of esters is 2. The SMILES string of the molecule is C=C(C)C(=O)OC(OC(=O)C(=C)C)SCC. The molecule has 0 aromatic heterocycles. The minimum Gasteiger partial charge on any atom is -0.412 e. The summed E-state index contributed by atoms with van der Waals surface area (Å²) in [6.07, 6.45) is 0. The van der Waals surface area contributed by atoms with Crippen LogP contribution in [0, 0.1) is 0 Å². The lowest BCUT2D eigenvalue weighted by Crippen LogP contribution is -2.22. The van der Waals surface area contributed by atoms with Gasteiger partial charge in [-0.15, -0.1) is 0 Å². The van der Waals surface area contributed by atoms with Crippen LogP contribution in [0.3, 0.4) is 0 Å². The summed E-state index contributed by atoms with van der Waals surface area (Å²) in [4.78, 5) is 22.5. The summed E-state index contributed by atoms with van der Waals surface area (Å²) < 4.78 is 9.83. The normalized spacial score (nSPS) is 9.75. The van der Waals surface area contributed by atoms with Crippen LogP contribution in [-0.4, -0.2) is 23.3 Å². The summed E-state index contributed by atoms with van der Waals surface area (Å²) in [5.74, 6) is -0.515. The number of carbonyl (C=O) groups excluding carboxylic acids is 2. The molecule has 0 atom stereocenters. The van der Waals surface area contributed by atoms with Crippen LogP contribution in [0.2, 0.25) is 0 Å². The molecule has 0 saturated heterocycles. The Hall–Kier alpha value is -1.23. The van der Waals surface area contributed by atoms with Gasteiger partial charge in [0.25, 0.3) is 5.62 Å². The molecule has 0 aliphatic carbocycles. The van der Waals surface area contributed by atoms with Crippen LogP contribution < -0.4 is 0 Å². The number of hydrogen-bond acceptors (Lipinski definition) is 5. The topological polar surface area (TPSA) is 52.6 Å². The van der Waals surface area contributed by atoms with Crippen LogP contribution in [0.1, 0.15) is 20.8 Å². The first kappa shape index (κ1) is 14.8. The minimum absolute atomic E-state index is 0.257. The first-order valence-corrected chi connectivity index (χ1v) is 5.78. The first-order valence-electron chi connectivity index (χ1n) is 4.73. The quantitative estimate of drug-likeness (QED) is 0.407. The van der Waals surface area contributed by atoms with E-state index in [9.17, 15) is 9.59 Å². The zero-order chi connectivity index (χ0) is 12.7. The maximum absolute atomic E-state index is 11.2. The third-order valence-corrected chi connectivity index (χ3v) is 2.20. The molecule has 4 nitrogen and oxygen atoms in total. The van der Waals surface area contributed by atoms with Crippen molar-refractivity contribution < 1.29 is 19.1 Å². The summed E-state index contributed by atoms with van der Waals surface area (Å²) >= 11 is 1.20. The third-order valence-electron chi connectivity index (χ3n) is 1.41. The van der Waals surface area contributed by atoms with Crippen molar-refractivity contribution in [3.63, 3.8) is 0 Å². The summed E-state index contributed by atoms with van der Waals surface area (Å²) in [5, 5.41) is 0. The van der Waals surface area contributed by atoms with E-state index in [1.165, 1.54) is 25.6 Å². The number of carbonyl (C=O) groups is 2. The van der Waals surface area contributed by atoms with Crippen LogP contribution in [-0.2, 0) is 19.1 Å². The van der Waals surface area contributed by atoms with E-state index in [-0.39, 0.29) is 11.1 Å². The molecule has 0 fully saturated rings. The van der Waals surface area contributed by atoms with Gasteiger partial charge in [0.2, 0.25) is 0 Å². The van der Waals surface area contributed by atoms with Crippen molar-refractivity contribution in [2.24, 2.45) is 0 Å². The predicted molar refractivity (Wildman–Crippen MR) is 63.7 cm³/mol. The molecule has 0 saturated carbocycles. The molecule has 0 spiro atoms. The minimum atomic E-state index is -0.946. The molecule has 16 heavy (non-hydrogen) atoms. The van der Waals surface area contributed by atoms with Gasteiger partial charge in [-0.2, -0.15) is 0 Å². The first-order chi connectivity index (χ1) is 7.38. The Kier molecular flexibility index (Phi) is 6.56. The van der Waals surface area contributed by atoms with Crippen LogP contribution in [0.5, 0.6) is 0 Å². The highest BCUT2D eigenvalue weighted by atomic mass is 32.2. The van der Waals surface area contributed by atoms with Gasteiger partial charge in [-0.05, 0) is 19.6 Å². The van der Waals surface area contributed by atoms with E-state index in [4.69, 9.17) is 9.47 Å². The Morgan fingerprint density at radius 3 is 1.75 bits per heavy atom. The average Bonchev–Trinajstić information content (AvgIpc) is 2.17. The van der Waals surface area contributed by atoms with E-state index in [1.807, 2.05) is 6.92 Å². The molecule has 0 bridgehead atoms. The maximum atomic E-state index is 11.2. The fraction of sp³-hybridized carbons (Fsp3) is 0.455. The van der Waals surface area contributed by atoms with E-state index in [1.54, 1.807) is 0 Å². The smallest absolute Gasteiger partial charge is 0.336 e. The second kappa shape index (κ2) is 7.11. The molecular formula is C11H16O4S. The Labute approximate surface area is 99.7 Å². The number of hydrogen-bond donors (Lipinski definition) is 0. The highest BCUT2D eigenvalue weighted by Gasteiger charge is 2.19. The van der Waals surface area contributed by atoms with Gasteiger partial charge in [0.1, 0.15) is 0 Å². The van der Waals surface area contributed by atoms with Crippen molar-refractivity contribution in [2.75, 3.05) is 5.75 Å². The summed E-state index contributed by atoms with van der Waals surface area (Å²) in [6, 6.07) is 0. The number of rotatable bonds is 6. The molecule has 0 aromatic rings. The van der Waals surface area contributed by atoms with Gasteiger partial charge < -0.3 is 9.47 Å². The molecule has 0 amide bonds. The van der Waals surface area contributed by atoms with Crippen LogP contribution in [0.25, 0.3) is 0 Å². The lowest BCUT2D eigenvalue weighted by atomic mass is 10.4. The Morgan fingerprint density at radius 2 is 1.50 bits per heavy atom. The Balaban J connectivity index is 4.38. The average molecular weight is 244 g/mol. The highest BCUT2D eigenvalue weighted by Crippen LogP contribution is 2.16. The van der Waals surface area contributed by atoms with Gasteiger partial charge >= 0.3 is 11.9 Å². The molecule has 5 heteroatoms. The predicted octanol–water partition coefficient (Wildman–Crippen LogP) is 2.26. The van der Waals surface area contributed by atoms with Crippen molar-refractivity contribution in [3.8, 4) is 0 Å². The zero-order valence-electron chi connectivity index (χ0n) is 9.74. The molecule has 0 rings (SSSR count). The van der Waals surface area contributed by atoms with Crippen molar-refractivity contribution in [2.45, 2.75) is 26.4 Å². The van der Waals surface area contributed by atoms with E-state index in [0.717, 1.165) is 0 Å². The molecule has 0 unspecified atom stereocenters. The molecular weight excluding hydrogens is 228 g/mol. The fourth-order valence-electron chi connectivity index (χ4n) is 0.604. The van der Waals surface area contributed by atoms with Crippen molar-refractivity contribution in [1.82, 2.24) is 0 Å². The van der Waals surface area contributed by atoms with Gasteiger partial charge in [-0.1, -0.05) is 31.8 Å². The van der Waals surface area contributed by atoms with E-state index in [2.05, 4.69) is 13.2 Å². The van der Waals surface area contributed by atoms with Gasteiger partial charge in [-0.25, -0.2) is 9.59 Å². The maximum Gasteiger partial charge on any atom is 0.336 e. The summed E-state index contributed by atoms with van der Waals surface area (Å²) in [5.41, 5.74) is -0.431. The van der Waals surface area contributed by atoms with Crippen molar-refractivity contribution >= 4 is 23.7 Å². The second-order valence-electron chi connectivity index (χ2n) is 3.12. The van der Waals surface area contributed by atoms with Crippen LogP contribution in [0.4, 0.5) is 0 Å². The van der Waals surface area contributed by atoms with Gasteiger partial charge in [-0.3, -0.25) is 0 Å². The molecule has 0 aromatic carbocycles.